The van der Waals surface area contributed by atoms with E-state index >= 15 is 0 Å². The molecule has 0 aliphatic heterocycles. The number of fused-ring (bicyclic) bond motifs is 1. The number of H-pyrrole nitrogens is 1. The van der Waals surface area contributed by atoms with Gasteiger partial charge in [-0.3, -0.25) is 9.59 Å². The van der Waals surface area contributed by atoms with Gasteiger partial charge in [-0.05, 0) is 49.3 Å². The first-order chi connectivity index (χ1) is 15.5. The normalized spacial score (nSPS) is 16.6. The van der Waals surface area contributed by atoms with Gasteiger partial charge in [0.15, 0.2) is 0 Å². The van der Waals surface area contributed by atoms with E-state index < -0.39 is 5.54 Å². The van der Waals surface area contributed by atoms with Crippen LogP contribution in [-0.2, 0) is 22.6 Å². The third kappa shape index (κ3) is 4.75. The molecule has 1 fully saturated rings. The maximum absolute atomic E-state index is 13.7. The van der Waals surface area contributed by atoms with Crippen LogP contribution in [0.1, 0.15) is 62.8 Å². The Kier molecular flexibility index (Phi) is 6.99. The van der Waals surface area contributed by atoms with Crippen LogP contribution in [0.2, 0.25) is 0 Å². The van der Waals surface area contributed by atoms with Gasteiger partial charge in [0, 0.05) is 28.0 Å². The molecule has 0 spiro atoms. The molecule has 0 saturated heterocycles. The van der Waals surface area contributed by atoms with E-state index in [9.17, 15) is 9.59 Å². The van der Waals surface area contributed by atoms with Crippen LogP contribution in [0.5, 0.6) is 0 Å². The first-order valence-electron chi connectivity index (χ1n) is 11.7. The third-order valence-electron chi connectivity index (χ3n) is 6.93. The Labute approximate surface area is 194 Å². The summed E-state index contributed by atoms with van der Waals surface area (Å²) in [6, 6.07) is 12.3. The lowest BCUT2D eigenvalue weighted by Crippen LogP contribution is -2.60. The Balaban J connectivity index is 1.60. The van der Waals surface area contributed by atoms with E-state index in [2.05, 4.69) is 10.3 Å². The number of amides is 2. The molecule has 0 bridgehead atoms. The summed E-state index contributed by atoms with van der Waals surface area (Å²) in [6.07, 6.45) is 8.36. The molecule has 1 atom stereocenters. The quantitative estimate of drug-likeness (QED) is 0.480. The molecule has 2 N–H and O–H groups in total. The highest BCUT2D eigenvalue weighted by atomic mass is 32.1. The number of nitrogens with zero attached hydrogens (tertiary/aromatic N) is 1. The highest BCUT2D eigenvalue weighted by Crippen LogP contribution is 2.28. The molecular weight excluding hydrogens is 418 g/mol. The van der Waals surface area contributed by atoms with Crippen molar-refractivity contribution < 1.29 is 9.59 Å². The van der Waals surface area contributed by atoms with Crippen molar-refractivity contribution in [3.05, 3.63) is 58.4 Å². The molecule has 3 aromatic rings. The summed E-state index contributed by atoms with van der Waals surface area (Å²) in [7, 11) is 0. The Morgan fingerprint density at radius 3 is 2.66 bits per heavy atom. The fourth-order valence-corrected chi connectivity index (χ4v) is 5.39. The van der Waals surface area contributed by atoms with Crippen molar-refractivity contribution in [2.24, 2.45) is 0 Å². The first-order valence-corrected chi connectivity index (χ1v) is 12.6. The minimum absolute atomic E-state index is 0.0219. The molecule has 170 valence electrons. The van der Waals surface area contributed by atoms with Crippen LogP contribution in [0, 0.1) is 0 Å². The lowest BCUT2D eigenvalue weighted by atomic mass is 9.90. The smallest absolute Gasteiger partial charge is 0.245 e. The van der Waals surface area contributed by atoms with Gasteiger partial charge in [0.1, 0.15) is 5.54 Å². The summed E-state index contributed by atoms with van der Waals surface area (Å²) in [6.45, 7) is 4.37. The van der Waals surface area contributed by atoms with Crippen molar-refractivity contribution in [2.75, 3.05) is 0 Å². The molecule has 1 unspecified atom stereocenters. The first kappa shape index (κ1) is 22.6. The summed E-state index contributed by atoms with van der Waals surface area (Å²) in [5.41, 5.74) is 1.09. The third-order valence-corrected chi connectivity index (χ3v) is 7.79. The summed E-state index contributed by atoms with van der Waals surface area (Å²) in [5.74, 6) is -0.0537. The van der Waals surface area contributed by atoms with Crippen molar-refractivity contribution in [3.8, 4) is 0 Å². The highest BCUT2D eigenvalue weighted by Gasteiger charge is 2.41. The molecule has 2 heterocycles. The number of hydrogen-bond donors (Lipinski definition) is 2. The molecule has 6 heteroatoms. The molecule has 5 nitrogen and oxygen atoms in total. The van der Waals surface area contributed by atoms with Gasteiger partial charge in [-0.2, -0.15) is 0 Å². The van der Waals surface area contributed by atoms with Crippen molar-refractivity contribution in [1.29, 1.82) is 0 Å². The number of benzene rings is 1. The van der Waals surface area contributed by atoms with E-state index in [1.54, 1.807) is 16.2 Å². The monoisotopic (exact) mass is 451 g/mol. The van der Waals surface area contributed by atoms with E-state index in [-0.39, 0.29) is 24.3 Å². The zero-order chi connectivity index (χ0) is 22.6. The van der Waals surface area contributed by atoms with Gasteiger partial charge in [-0.15, -0.1) is 11.3 Å². The lowest BCUT2D eigenvalue weighted by molar-refractivity contribution is -0.148. The van der Waals surface area contributed by atoms with Crippen LogP contribution in [-0.4, -0.2) is 33.3 Å². The van der Waals surface area contributed by atoms with E-state index in [0.29, 0.717) is 13.0 Å². The predicted octanol–water partition coefficient (Wildman–Crippen LogP) is 5.42. The fraction of sp³-hybridized carbons (Fsp3) is 0.462. The van der Waals surface area contributed by atoms with Gasteiger partial charge in [-0.1, -0.05) is 50.5 Å². The van der Waals surface area contributed by atoms with Crippen LogP contribution in [0.3, 0.4) is 0 Å². The van der Waals surface area contributed by atoms with Crippen molar-refractivity contribution in [1.82, 2.24) is 15.2 Å². The van der Waals surface area contributed by atoms with Crippen molar-refractivity contribution >= 4 is 34.1 Å². The van der Waals surface area contributed by atoms with Crippen molar-refractivity contribution in [2.45, 2.75) is 76.9 Å². The van der Waals surface area contributed by atoms with Gasteiger partial charge in [0.2, 0.25) is 11.8 Å². The minimum Gasteiger partial charge on any atom is -0.361 e. The zero-order valence-electron chi connectivity index (χ0n) is 19.0. The predicted molar refractivity (Wildman–Crippen MR) is 131 cm³/mol. The summed E-state index contributed by atoms with van der Waals surface area (Å²) in [5, 5.41) is 6.35. The van der Waals surface area contributed by atoms with Crippen LogP contribution in [0.15, 0.2) is 48.0 Å². The fourth-order valence-electron chi connectivity index (χ4n) is 4.69. The van der Waals surface area contributed by atoms with Crippen molar-refractivity contribution in [3.63, 3.8) is 0 Å². The average molecular weight is 452 g/mol. The second-order valence-electron chi connectivity index (χ2n) is 9.03. The van der Waals surface area contributed by atoms with E-state index in [4.69, 9.17) is 0 Å². The lowest BCUT2D eigenvalue weighted by Gasteiger charge is -2.40. The second kappa shape index (κ2) is 9.90. The highest BCUT2D eigenvalue weighted by molar-refractivity contribution is 7.09. The summed E-state index contributed by atoms with van der Waals surface area (Å²) in [4.78, 5) is 33.4. The SMILES string of the molecule is CCC(C)(C(=O)NC1CCCCC1)N(Cc1cccs1)C(=O)Cc1c[nH]c2ccccc12. The molecule has 2 amide bonds. The van der Waals surface area contributed by atoms with E-state index in [1.165, 1.54) is 6.42 Å². The van der Waals surface area contributed by atoms with E-state index in [1.807, 2.05) is 61.8 Å². The molecule has 1 aromatic carbocycles. The summed E-state index contributed by atoms with van der Waals surface area (Å²) < 4.78 is 0. The minimum atomic E-state index is -0.898. The Hall–Kier alpha value is -2.60. The maximum Gasteiger partial charge on any atom is 0.245 e. The molecule has 32 heavy (non-hydrogen) atoms. The van der Waals surface area contributed by atoms with Gasteiger partial charge in [0.05, 0.1) is 13.0 Å². The topological polar surface area (TPSA) is 65.2 Å². The number of aromatic nitrogens is 1. The van der Waals surface area contributed by atoms with Crippen LogP contribution in [0.4, 0.5) is 0 Å². The number of carbonyl (C=O) groups excluding carboxylic acids is 2. The largest absolute Gasteiger partial charge is 0.361 e. The number of carbonyl (C=O) groups is 2. The number of rotatable bonds is 8. The number of thiophene rings is 1. The Morgan fingerprint density at radius 1 is 1.16 bits per heavy atom. The average Bonchev–Trinajstić information content (AvgIpc) is 3.48. The van der Waals surface area contributed by atoms with Gasteiger partial charge >= 0.3 is 0 Å². The standard InChI is InChI=1S/C26H33N3O2S/c1-3-26(2,25(31)28-20-10-5-4-6-11-20)29(18-21-12-9-15-32-21)24(30)16-19-17-27-23-14-8-7-13-22(19)23/h7-9,12-15,17,20,27H,3-6,10-11,16,18H2,1-2H3,(H,28,31). The zero-order valence-corrected chi connectivity index (χ0v) is 19.8. The molecule has 4 rings (SSSR count). The molecule has 1 aliphatic carbocycles. The summed E-state index contributed by atoms with van der Waals surface area (Å²) >= 11 is 1.62. The van der Waals surface area contributed by atoms with E-state index in [0.717, 1.165) is 47.0 Å². The Bertz CT molecular complexity index is 1050. The van der Waals surface area contributed by atoms with Crippen LogP contribution in [0.25, 0.3) is 10.9 Å². The van der Waals surface area contributed by atoms with Gasteiger partial charge in [-0.25, -0.2) is 0 Å². The number of aromatic amines is 1. The molecule has 0 radical (unpaired) electrons. The molecule has 2 aromatic heterocycles. The molecule has 1 saturated carbocycles. The number of hydrogen-bond acceptors (Lipinski definition) is 3. The molecule has 1 aliphatic rings. The van der Waals surface area contributed by atoms with Crippen LogP contribution < -0.4 is 5.32 Å². The molecular formula is C26H33N3O2S. The maximum atomic E-state index is 13.7. The van der Waals surface area contributed by atoms with Crippen LogP contribution >= 0.6 is 11.3 Å². The van der Waals surface area contributed by atoms with Gasteiger partial charge < -0.3 is 15.2 Å². The number of para-hydroxylation sites is 1. The second-order valence-corrected chi connectivity index (χ2v) is 10.1. The van der Waals surface area contributed by atoms with Gasteiger partial charge in [0.25, 0.3) is 0 Å². The number of nitrogens with one attached hydrogen (secondary N) is 2. The Morgan fingerprint density at radius 2 is 1.94 bits per heavy atom.